The molecule has 0 unspecified atom stereocenters. The smallest absolute Gasteiger partial charge is 0.183 e. The van der Waals surface area contributed by atoms with Gasteiger partial charge in [-0.25, -0.2) is 9.03 Å². The summed E-state index contributed by atoms with van der Waals surface area (Å²) in [6.45, 7) is 2.12. The quantitative estimate of drug-likeness (QED) is 0.499. The van der Waals surface area contributed by atoms with Crippen molar-refractivity contribution in [1.29, 1.82) is 0 Å². The van der Waals surface area contributed by atoms with E-state index >= 15 is 0 Å². The summed E-state index contributed by atoms with van der Waals surface area (Å²) >= 11 is 0. The van der Waals surface area contributed by atoms with Crippen molar-refractivity contribution in [2.24, 2.45) is 0 Å². The van der Waals surface area contributed by atoms with Crippen LogP contribution in [-0.2, 0) is 0 Å². The standard InChI is InChI=1S/C19H14N6/c1-13-4-2-3-5-16(13)14-6-8-15(9-7-14)19-23-22-18-11-10-17-21-20-12-24(17)25(18)19/h2-12H,1H3. The van der Waals surface area contributed by atoms with E-state index in [1.165, 1.54) is 16.7 Å². The lowest BCUT2D eigenvalue weighted by Crippen LogP contribution is -2.00. The molecule has 6 heteroatoms. The van der Waals surface area contributed by atoms with Gasteiger partial charge in [0.25, 0.3) is 0 Å². The van der Waals surface area contributed by atoms with Crippen molar-refractivity contribution in [2.75, 3.05) is 0 Å². The summed E-state index contributed by atoms with van der Waals surface area (Å²) in [5, 5.41) is 16.7. The third-order valence-corrected chi connectivity index (χ3v) is 4.42. The van der Waals surface area contributed by atoms with Gasteiger partial charge in [-0.2, -0.15) is 0 Å². The Kier molecular flexibility index (Phi) is 2.90. The van der Waals surface area contributed by atoms with Gasteiger partial charge in [-0.15, -0.1) is 20.4 Å². The van der Waals surface area contributed by atoms with Crippen LogP contribution in [0.1, 0.15) is 5.56 Å². The van der Waals surface area contributed by atoms with E-state index in [-0.39, 0.29) is 0 Å². The third kappa shape index (κ3) is 2.11. The molecular formula is C19H14N6. The summed E-state index contributed by atoms with van der Waals surface area (Å²) in [5.74, 6) is 0.761. The van der Waals surface area contributed by atoms with E-state index in [4.69, 9.17) is 0 Å². The van der Waals surface area contributed by atoms with E-state index in [0.29, 0.717) is 0 Å². The van der Waals surface area contributed by atoms with Gasteiger partial charge in [-0.1, -0.05) is 48.5 Å². The topological polar surface area (TPSA) is 60.4 Å². The van der Waals surface area contributed by atoms with E-state index in [9.17, 15) is 0 Å². The van der Waals surface area contributed by atoms with Crippen molar-refractivity contribution in [3.8, 4) is 22.5 Å². The molecular weight excluding hydrogens is 312 g/mol. The van der Waals surface area contributed by atoms with Crippen molar-refractivity contribution in [3.05, 3.63) is 72.6 Å². The molecule has 6 nitrogen and oxygen atoms in total. The monoisotopic (exact) mass is 326 g/mol. The second kappa shape index (κ2) is 5.24. The molecule has 0 N–H and O–H groups in total. The number of aryl methyl sites for hydroxylation is 1. The maximum absolute atomic E-state index is 4.35. The molecule has 0 spiro atoms. The number of benzene rings is 2. The van der Waals surface area contributed by atoms with Crippen LogP contribution in [-0.4, -0.2) is 29.4 Å². The van der Waals surface area contributed by atoms with Crippen LogP contribution in [0.3, 0.4) is 0 Å². The molecule has 0 bridgehead atoms. The highest BCUT2D eigenvalue weighted by Gasteiger charge is 2.12. The van der Waals surface area contributed by atoms with Gasteiger partial charge >= 0.3 is 0 Å². The molecule has 0 aliphatic carbocycles. The number of rotatable bonds is 2. The summed E-state index contributed by atoms with van der Waals surface area (Å²) in [7, 11) is 0. The van der Waals surface area contributed by atoms with Crippen molar-refractivity contribution in [1.82, 2.24) is 29.4 Å². The summed E-state index contributed by atoms with van der Waals surface area (Å²) in [6, 6.07) is 20.5. The van der Waals surface area contributed by atoms with Crippen LogP contribution >= 0.6 is 0 Å². The number of hydrogen-bond acceptors (Lipinski definition) is 4. The van der Waals surface area contributed by atoms with E-state index < -0.39 is 0 Å². The zero-order valence-corrected chi connectivity index (χ0v) is 13.5. The van der Waals surface area contributed by atoms with Crippen molar-refractivity contribution in [3.63, 3.8) is 0 Å². The molecule has 25 heavy (non-hydrogen) atoms. The van der Waals surface area contributed by atoms with Crippen molar-refractivity contribution in [2.45, 2.75) is 6.92 Å². The molecule has 0 aliphatic heterocycles. The first-order valence-electron chi connectivity index (χ1n) is 8.02. The SMILES string of the molecule is Cc1ccccc1-c1ccc(-c2nnc3ccc4nncn4n23)cc1. The molecule has 0 amide bonds. The van der Waals surface area contributed by atoms with E-state index in [0.717, 1.165) is 22.7 Å². The Bertz CT molecular complexity index is 1200. The van der Waals surface area contributed by atoms with Crippen LogP contribution in [0, 0.1) is 6.92 Å². The minimum Gasteiger partial charge on any atom is -0.213 e. The molecule has 5 rings (SSSR count). The number of nitrogens with zero attached hydrogens (tertiary/aromatic N) is 6. The van der Waals surface area contributed by atoms with Crippen LogP contribution in [0.25, 0.3) is 33.8 Å². The average molecular weight is 326 g/mol. The molecule has 0 radical (unpaired) electrons. The third-order valence-electron chi connectivity index (χ3n) is 4.42. The normalized spacial score (nSPS) is 11.4. The Balaban J connectivity index is 1.66. The van der Waals surface area contributed by atoms with E-state index in [1.807, 2.05) is 21.2 Å². The number of hydrogen-bond donors (Lipinski definition) is 0. The van der Waals surface area contributed by atoms with Crippen molar-refractivity contribution < 1.29 is 0 Å². The van der Waals surface area contributed by atoms with Crippen LogP contribution in [0.4, 0.5) is 0 Å². The minimum atomic E-state index is 0.755. The molecule has 0 fully saturated rings. The fourth-order valence-corrected chi connectivity index (χ4v) is 3.14. The van der Waals surface area contributed by atoms with E-state index in [2.05, 4.69) is 75.8 Å². The Morgan fingerprint density at radius 1 is 0.720 bits per heavy atom. The van der Waals surface area contributed by atoms with Gasteiger partial charge in [-0.3, -0.25) is 0 Å². The van der Waals surface area contributed by atoms with Gasteiger partial charge in [0.2, 0.25) is 0 Å². The Morgan fingerprint density at radius 2 is 1.48 bits per heavy atom. The molecule has 0 saturated heterocycles. The average Bonchev–Trinajstić information content (AvgIpc) is 3.28. The molecule has 2 aromatic carbocycles. The Labute approximate surface area is 143 Å². The lowest BCUT2D eigenvalue weighted by atomic mass is 9.99. The lowest BCUT2D eigenvalue weighted by molar-refractivity contribution is 0.850. The van der Waals surface area contributed by atoms with Gasteiger partial charge < -0.3 is 0 Å². The van der Waals surface area contributed by atoms with Crippen LogP contribution in [0.2, 0.25) is 0 Å². The zero-order valence-electron chi connectivity index (χ0n) is 13.5. The first-order chi connectivity index (χ1) is 12.3. The summed E-state index contributed by atoms with van der Waals surface area (Å²) < 4.78 is 3.76. The van der Waals surface area contributed by atoms with Gasteiger partial charge in [0.05, 0.1) is 0 Å². The van der Waals surface area contributed by atoms with Gasteiger partial charge in [-0.05, 0) is 35.7 Å². The largest absolute Gasteiger partial charge is 0.213 e. The molecule has 0 saturated carbocycles. The molecule has 0 aliphatic rings. The maximum Gasteiger partial charge on any atom is 0.183 e. The Morgan fingerprint density at radius 3 is 2.32 bits per heavy atom. The lowest BCUT2D eigenvalue weighted by Gasteiger charge is -2.07. The van der Waals surface area contributed by atoms with Gasteiger partial charge in [0.1, 0.15) is 6.33 Å². The van der Waals surface area contributed by atoms with Gasteiger partial charge in [0, 0.05) is 5.56 Å². The van der Waals surface area contributed by atoms with Gasteiger partial charge in [0.15, 0.2) is 17.1 Å². The van der Waals surface area contributed by atoms with E-state index in [1.54, 1.807) is 6.33 Å². The summed E-state index contributed by atoms with van der Waals surface area (Å²) in [4.78, 5) is 0. The fraction of sp³-hybridized carbons (Fsp3) is 0.0526. The first kappa shape index (κ1) is 13.9. The van der Waals surface area contributed by atoms with Crippen LogP contribution in [0.15, 0.2) is 67.0 Å². The Hall–Kier alpha value is -3.54. The highest BCUT2D eigenvalue weighted by atomic mass is 15.5. The number of fused-ring (bicyclic) bond motifs is 3. The maximum atomic E-state index is 4.35. The first-order valence-corrected chi connectivity index (χ1v) is 8.02. The highest BCUT2D eigenvalue weighted by Crippen LogP contribution is 2.26. The number of aromatic nitrogens is 6. The van der Waals surface area contributed by atoms with Crippen LogP contribution in [0.5, 0.6) is 0 Å². The molecule has 3 aromatic heterocycles. The predicted octanol–water partition coefficient (Wildman–Crippen LogP) is 3.41. The fourth-order valence-electron chi connectivity index (χ4n) is 3.14. The minimum absolute atomic E-state index is 0.755. The molecule has 120 valence electrons. The van der Waals surface area contributed by atoms with Crippen molar-refractivity contribution >= 4 is 11.3 Å². The molecule has 0 atom stereocenters. The predicted molar refractivity (Wildman–Crippen MR) is 95.1 cm³/mol. The van der Waals surface area contributed by atoms with Crippen LogP contribution < -0.4 is 0 Å². The second-order valence-corrected chi connectivity index (χ2v) is 5.95. The summed E-state index contributed by atoms with van der Waals surface area (Å²) in [6.07, 6.45) is 1.66. The molecule has 3 heterocycles. The summed E-state index contributed by atoms with van der Waals surface area (Å²) in [5.41, 5.74) is 6.18. The second-order valence-electron chi connectivity index (χ2n) is 5.95. The zero-order chi connectivity index (χ0) is 16.8. The molecule has 5 aromatic rings. The highest BCUT2D eigenvalue weighted by molar-refractivity contribution is 5.70.